The molecule has 2 saturated carbocycles. The zero-order chi connectivity index (χ0) is 11.0. The summed E-state index contributed by atoms with van der Waals surface area (Å²) in [4.78, 5) is 0. The molecular weight excluding hydrogens is 198 g/mol. The summed E-state index contributed by atoms with van der Waals surface area (Å²) in [5, 5.41) is 3.73. The second-order valence-electron chi connectivity index (χ2n) is 6.14. The molecule has 2 heteroatoms. The first-order valence-corrected chi connectivity index (χ1v) is 7.20. The van der Waals surface area contributed by atoms with Crippen LogP contribution >= 0.6 is 0 Å². The molecule has 1 aliphatic heterocycles. The lowest BCUT2D eigenvalue weighted by atomic mass is 9.81. The van der Waals surface area contributed by atoms with E-state index >= 15 is 0 Å². The number of ether oxygens (including phenoxy) is 1. The maximum Gasteiger partial charge on any atom is 0.119 e. The summed E-state index contributed by atoms with van der Waals surface area (Å²) >= 11 is 0. The lowest BCUT2D eigenvalue weighted by Gasteiger charge is -2.45. The summed E-state index contributed by atoms with van der Waals surface area (Å²) < 4.78 is 6.20. The summed E-state index contributed by atoms with van der Waals surface area (Å²) in [7, 11) is 0. The molecule has 0 aromatic rings. The number of rotatable bonds is 2. The Bertz CT molecular complexity index is 231. The molecule has 1 heterocycles. The van der Waals surface area contributed by atoms with E-state index in [0.717, 1.165) is 24.4 Å². The predicted octanol–water partition coefficient (Wildman–Crippen LogP) is 2.93. The van der Waals surface area contributed by atoms with Crippen LogP contribution in [0, 0.1) is 17.8 Å². The molecule has 3 fully saturated rings. The van der Waals surface area contributed by atoms with E-state index in [1.807, 2.05) is 0 Å². The van der Waals surface area contributed by atoms with E-state index in [4.69, 9.17) is 4.74 Å². The molecule has 3 aliphatic rings. The minimum Gasteiger partial charge on any atom is -0.360 e. The van der Waals surface area contributed by atoms with Gasteiger partial charge in [-0.1, -0.05) is 13.3 Å². The van der Waals surface area contributed by atoms with Crippen LogP contribution in [0.1, 0.15) is 51.9 Å². The van der Waals surface area contributed by atoms with Gasteiger partial charge in [0.15, 0.2) is 0 Å². The van der Waals surface area contributed by atoms with Crippen LogP contribution in [-0.2, 0) is 4.74 Å². The normalized spacial score (nSPS) is 44.8. The lowest BCUT2D eigenvalue weighted by Crippen LogP contribution is -2.56. The second-order valence-corrected chi connectivity index (χ2v) is 6.14. The van der Waals surface area contributed by atoms with E-state index in [0.29, 0.717) is 0 Å². The van der Waals surface area contributed by atoms with Crippen molar-refractivity contribution in [2.45, 2.75) is 57.6 Å². The molecule has 16 heavy (non-hydrogen) atoms. The maximum absolute atomic E-state index is 6.20. The molecule has 3 rings (SSSR count). The Labute approximate surface area is 99.1 Å². The molecule has 1 spiro atoms. The zero-order valence-corrected chi connectivity index (χ0v) is 10.5. The van der Waals surface area contributed by atoms with Gasteiger partial charge in [0.1, 0.15) is 5.72 Å². The standard InChI is InChI=1S/C14H25NO/c1-2-11-5-7-14(8-6-11)15-9-13(10-16-14)12-3-4-12/h11-13,15H,2-10H2,1H3. The van der Waals surface area contributed by atoms with E-state index in [-0.39, 0.29) is 5.72 Å². The Morgan fingerprint density at radius 3 is 2.38 bits per heavy atom. The first-order valence-electron chi connectivity index (χ1n) is 7.20. The van der Waals surface area contributed by atoms with Gasteiger partial charge in [-0.3, -0.25) is 5.32 Å². The first kappa shape index (κ1) is 11.0. The van der Waals surface area contributed by atoms with Crippen LogP contribution in [-0.4, -0.2) is 18.9 Å². The van der Waals surface area contributed by atoms with Crippen LogP contribution in [0.25, 0.3) is 0 Å². The molecule has 1 N–H and O–H groups in total. The molecule has 0 radical (unpaired) electrons. The third-order valence-electron chi connectivity index (χ3n) is 5.04. The van der Waals surface area contributed by atoms with Crippen molar-refractivity contribution in [3.05, 3.63) is 0 Å². The van der Waals surface area contributed by atoms with Crippen molar-refractivity contribution in [2.75, 3.05) is 13.2 Å². The lowest BCUT2D eigenvalue weighted by molar-refractivity contribution is -0.143. The molecule has 0 bridgehead atoms. The number of hydrogen-bond acceptors (Lipinski definition) is 2. The van der Waals surface area contributed by atoms with Crippen LogP contribution in [0.4, 0.5) is 0 Å². The molecule has 92 valence electrons. The highest BCUT2D eigenvalue weighted by Crippen LogP contribution is 2.42. The van der Waals surface area contributed by atoms with E-state index in [2.05, 4.69) is 12.2 Å². The average molecular weight is 223 g/mol. The highest BCUT2D eigenvalue weighted by atomic mass is 16.5. The van der Waals surface area contributed by atoms with Gasteiger partial charge in [-0.15, -0.1) is 0 Å². The van der Waals surface area contributed by atoms with E-state index in [9.17, 15) is 0 Å². The van der Waals surface area contributed by atoms with Crippen molar-refractivity contribution in [2.24, 2.45) is 17.8 Å². The maximum atomic E-state index is 6.20. The quantitative estimate of drug-likeness (QED) is 0.777. The molecule has 0 aromatic heterocycles. The van der Waals surface area contributed by atoms with Gasteiger partial charge < -0.3 is 4.74 Å². The van der Waals surface area contributed by atoms with Gasteiger partial charge in [0.05, 0.1) is 6.61 Å². The van der Waals surface area contributed by atoms with Crippen LogP contribution < -0.4 is 5.32 Å². The third kappa shape index (κ3) is 2.14. The van der Waals surface area contributed by atoms with Gasteiger partial charge in [-0.25, -0.2) is 0 Å². The summed E-state index contributed by atoms with van der Waals surface area (Å²) in [6.07, 6.45) is 9.43. The Morgan fingerprint density at radius 1 is 1.12 bits per heavy atom. The number of nitrogens with one attached hydrogen (secondary N) is 1. The highest BCUT2D eigenvalue weighted by Gasteiger charge is 2.42. The van der Waals surface area contributed by atoms with Gasteiger partial charge in [0.2, 0.25) is 0 Å². The summed E-state index contributed by atoms with van der Waals surface area (Å²) in [5.74, 6) is 2.75. The predicted molar refractivity (Wildman–Crippen MR) is 65.1 cm³/mol. The SMILES string of the molecule is CCC1CCC2(CC1)NCC(C1CC1)CO2. The van der Waals surface area contributed by atoms with E-state index < -0.39 is 0 Å². The van der Waals surface area contributed by atoms with Crippen molar-refractivity contribution in [3.8, 4) is 0 Å². The van der Waals surface area contributed by atoms with Crippen LogP contribution in [0.5, 0.6) is 0 Å². The van der Waals surface area contributed by atoms with Gasteiger partial charge in [0, 0.05) is 6.54 Å². The van der Waals surface area contributed by atoms with Gasteiger partial charge in [-0.2, -0.15) is 0 Å². The largest absolute Gasteiger partial charge is 0.360 e. The van der Waals surface area contributed by atoms with Crippen LogP contribution in [0.3, 0.4) is 0 Å². The average Bonchev–Trinajstić information content (AvgIpc) is 3.15. The van der Waals surface area contributed by atoms with E-state index in [1.165, 1.54) is 51.5 Å². The second kappa shape index (κ2) is 4.30. The fourth-order valence-electron chi connectivity index (χ4n) is 3.44. The van der Waals surface area contributed by atoms with Gasteiger partial charge >= 0.3 is 0 Å². The monoisotopic (exact) mass is 223 g/mol. The smallest absolute Gasteiger partial charge is 0.119 e. The Balaban J connectivity index is 1.52. The zero-order valence-electron chi connectivity index (χ0n) is 10.5. The minimum atomic E-state index is 0.0804. The molecule has 1 unspecified atom stereocenters. The molecule has 2 nitrogen and oxygen atoms in total. The summed E-state index contributed by atoms with van der Waals surface area (Å²) in [6.45, 7) is 4.55. The van der Waals surface area contributed by atoms with Crippen LogP contribution in [0.2, 0.25) is 0 Å². The fraction of sp³-hybridized carbons (Fsp3) is 1.00. The molecule has 1 atom stereocenters. The fourth-order valence-corrected chi connectivity index (χ4v) is 3.44. The molecule has 0 aromatic carbocycles. The molecule has 2 aliphatic carbocycles. The molecular formula is C14H25NO. The Morgan fingerprint density at radius 2 is 1.88 bits per heavy atom. The topological polar surface area (TPSA) is 21.3 Å². The van der Waals surface area contributed by atoms with Crippen molar-refractivity contribution >= 4 is 0 Å². The minimum absolute atomic E-state index is 0.0804. The van der Waals surface area contributed by atoms with E-state index in [1.54, 1.807) is 0 Å². The van der Waals surface area contributed by atoms with Crippen molar-refractivity contribution < 1.29 is 4.74 Å². The van der Waals surface area contributed by atoms with Gasteiger partial charge in [-0.05, 0) is 56.3 Å². The summed E-state index contributed by atoms with van der Waals surface area (Å²) in [5.41, 5.74) is 0.0804. The first-order chi connectivity index (χ1) is 7.81. The molecule has 0 amide bonds. The highest BCUT2D eigenvalue weighted by molar-refractivity contribution is 4.92. The van der Waals surface area contributed by atoms with Crippen molar-refractivity contribution in [1.29, 1.82) is 0 Å². The Hall–Kier alpha value is -0.0800. The van der Waals surface area contributed by atoms with Crippen molar-refractivity contribution in [1.82, 2.24) is 5.32 Å². The Kier molecular flexibility index (Phi) is 2.97. The molecule has 1 saturated heterocycles. The van der Waals surface area contributed by atoms with Crippen LogP contribution in [0.15, 0.2) is 0 Å². The van der Waals surface area contributed by atoms with Gasteiger partial charge in [0.25, 0.3) is 0 Å². The third-order valence-corrected chi connectivity index (χ3v) is 5.04. The summed E-state index contributed by atoms with van der Waals surface area (Å²) in [6, 6.07) is 0. The van der Waals surface area contributed by atoms with Crippen molar-refractivity contribution in [3.63, 3.8) is 0 Å². The number of hydrogen-bond donors (Lipinski definition) is 1.